The van der Waals surface area contributed by atoms with E-state index < -0.39 is 0 Å². The van der Waals surface area contributed by atoms with E-state index in [1.54, 1.807) is 23.5 Å². The van der Waals surface area contributed by atoms with Crippen LogP contribution in [0.4, 0.5) is 0 Å². The fourth-order valence-corrected chi connectivity index (χ4v) is 5.72. The quantitative estimate of drug-likeness (QED) is 0.415. The number of hydrogen-bond donors (Lipinski definition) is 0. The van der Waals surface area contributed by atoms with Crippen LogP contribution in [0.15, 0.2) is 53.9 Å². The van der Waals surface area contributed by atoms with Crippen molar-refractivity contribution >= 4 is 11.8 Å². The molecule has 1 aliphatic heterocycles. The fraction of sp³-hybridized carbons (Fsp3) is 0.458. The lowest BCUT2D eigenvalue weighted by Gasteiger charge is -2.16. The van der Waals surface area contributed by atoms with Gasteiger partial charge in [-0.2, -0.15) is 0 Å². The predicted molar refractivity (Wildman–Crippen MR) is 122 cm³/mol. The van der Waals surface area contributed by atoms with Gasteiger partial charge in [0.1, 0.15) is 0 Å². The third kappa shape index (κ3) is 3.91. The van der Waals surface area contributed by atoms with Crippen LogP contribution in [0.25, 0.3) is 11.4 Å². The zero-order valence-electron chi connectivity index (χ0n) is 17.8. The summed E-state index contributed by atoms with van der Waals surface area (Å²) in [6.07, 6.45) is 7.53. The maximum atomic E-state index is 4.38. The van der Waals surface area contributed by atoms with Crippen molar-refractivity contribution in [1.29, 1.82) is 0 Å². The molecule has 0 bridgehead atoms. The van der Waals surface area contributed by atoms with Gasteiger partial charge < -0.3 is 9.47 Å². The van der Waals surface area contributed by atoms with Gasteiger partial charge in [0.2, 0.25) is 0 Å². The summed E-state index contributed by atoms with van der Waals surface area (Å²) in [6.45, 7) is 5.87. The molecule has 1 aliphatic carbocycles. The SMILES string of the molecule is Cc1ccc([C@@H]2C[C@@]23CCN(CCCSc2nnc(-c4cccnc4)n2C)C3)cc1. The number of pyridine rings is 1. The molecule has 2 aliphatic rings. The summed E-state index contributed by atoms with van der Waals surface area (Å²) in [6, 6.07) is 13.2. The van der Waals surface area contributed by atoms with Crippen molar-refractivity contribution in [2.75, 3.05) is 25.4 Å². The van der Waals surface area contributed by atoms with Crippen LogP contribution in [-0.4, -0.2) is 50.0 Å². The van der Waals surface area contributed by atoms with Gasteiger partial charge in [0.05, 0.1) is 0 Å². The molecule has 0 amide bonds. The number of rotatable bonds is 7. The summed E-state index contributed by atoms with van der Waals surface area (Å²) in [5.41, 5.74) is 4.47. The van der Waals surface area contributed by atoms with E-state index in [1.165, 1.54) is 44.5 Å². The van der Waals surface area contributed by atoms with Gasteiger partial charge in [0.15, 0.2) is 11.0 Å². The minimum Gasteiger partial charge on any atom is -0.305 e. The molecule has 0 unspecified atom stereocenters. The Morgan fingerprint density at radius 1 is 1.17 bits per heavy atom. The summed E-state index contributed by atoms with van der Waals surface area (Å²) < 4.78 is 2.07. The third-order valence-corrected chi connectivity index (χ3v) is 7.84. The van der Waals surface area contributed by atoms with Gasteiger partial charge in [-0.3, -0.25) is 4.98 Å². The van der Waals surface area contributed by atoms with Crippen molar-refractivity contribution in [3.63, 3.8) is 0 Å². The van der Waals surface area contributed by atoms with Crippen LogP contribution < -0.4 is 0 Å². The molecule has 1 spiro atoms. The van der Waals surface area contributed by atoms with Crippen LogP contribution >= 0.6 is 11.8 Å². The Labute approximate surface area is 182 Å². The highest BCUT2D eigenvalue weighted by atomic mass is 32.2. The molecule has 2 atom stereocenters. The largest absolute Gasteiger partial charge is 0.305 e. The lowest BCUT2D eigenvalue weighted by molar-refractivity contribution is 0.319. The average molecular weight is 420 g/mol. The van der Waals surface area contributed by atoms with Crippen LogP contribution in [0.3, 0.4) is 0 Å². The number of aromatic nitrogens is 4. The normalized spacial score (nSPS) is 23.3. The van der Waals surface area contributed by atoms with E-state index >= 15 is 0 Å². The van der Waals surface area contributed by atoms with E-state index in [-0.39, 0.29) is 0 Å². The molecule has 1 saturated carbocycles. The Balaban J connectivity index is 1.09. The van der Waals surface area contributed by atoms with Crippen molar-refractivity contribution in [3.05, 3.63) is 59.9 Å². The van der Waals surface area contributed by atoms with Crippen molar-refractivity contribution in [3.8, 4) is 11.4 Å². The highest BCUT2D eigenvalue weighted by Crippen LogP contribution is 2.64. The monoisotopic (exact) mass is 419 g/mol. The highest BCUT2D eigenvalue weighted by molar-refractivity contribution is 7.99. The van der Waals surface area contributed by atoms with Gasteiger partial charge in [-0.05, 0) is 68.3 Å². The molecule has 156 valence electrons. The Hall–Kier alpha value is -2.18. The minimum absolute atomic E-state index is 0.560. The summed E-state index contributed by atoms with van der Waals surface area (Å²) >= 11 is 1.80. The van der Waals surface area contributed by atoms with E-state index in [0.29, 0.717) is 5.41 Å². The Kier molecular flexibility index (Phi) is 5.37. The van der Waals surface area contributed by atoms with E-state index in [0.717, 1.165) is 28.2 Å². The first kappa shape index (κ1) is 19.8. The molecular formula is C24H29N5S. The second-order valence-electron chi connectivity index (χ2n) is 8.86. The second kappa shape index (κ2) is 8.16. The summed E-state index contributed by atoms with van der Waals surface area (Å²) in [5, 5.41) is 9.71. The molecule has 2 fully saturated rings. The number of likely N-dealkylation sites (tertiary alicyclic amines) is 1. The molecule has 0 radical (unpaired) electrons. The van der Waals surface area contributed by atoms with E-state index in [9.17, 15) is 0 Å². The predicted octanol–water partition coefficient (Wildman–Crippen LogP) is 4.55. The Morgan fingerprint density at radius 2 is 2.03 bits per heavy atom. The van der Waals surface area contributed by atoms with Crippen LogP contribution in [0, 0.1) is 12.3 Å². The summed E-state index contributed by atoms with van der Waals surface area (Å²) in [7, 11) is 2.03. The summed E-state index contributed by atoms with van der Waals surface area (Å²) in [4.78, 5) is 6.86. The standard InChI is InChI=1S/C24H29N5S/c1-18-6-8-19(9-7-18)21-15-24(21)10-13-29(17-24)12-4-14-30-23-27-26-22(28(23)2)20-5-3-11-25-16-20/h3,5-9,11,16,21H,4,10,12-15,17H2,1-2H3/t21-,24+/m0/s1. The molecule has 5 rings (SSSR count). The van der Waals surface area contributed by atoms with Gasteiger partial charge in [0.25, 0.3) is 0 Å². The molecule has 3 aromatic rings. The van der Waals surface area contributed by atoms with Gasteiger partial charge in [-0.1, -0.05) is 41.6 Å². The molecule has 1 saturated heterocycles. The fourth-order valence-electron chi connectivity index (χ4n) is 4.88. The van der Waals surface area contributed by atoms with Crippen LogP contribution in [0.5, 0.6) is 0 Å². The van der Waals surface area contributed by atoms with Crippen LogP contribution in [0.1, 0.15) is 36.3 Å². The first-order chi connectivity index (χ1) is 14.6. The van der Waals surface area contributed by atoms with Gasteiger partial charge in [-0.25, -0.2) is 0 Å². The van der Waals surface area contributed by atoms with Gasteiger partial charge in [0, 0.05) is 37.3 Å². The van der Waals surface area contributed by atoms with Gasteiger partial charge in [-0.15, -0.1) is 10.2 Å². The Bertz CT molecular complexity index is 1000. The summed E-state index contributed by atoms with van der Waals surface area (Å²) in [5.74, 6) is 2.73. The third-order valence-electron chi connectivity index (χ3n) is 6.74. The molecule has 6 heteroatoms. The van der Waals surface area contributed by atoms with Crippen LogP contribution in [0.2, 0.25) is 0 Å². The lowest BCUT2D eigenvalue weighted by atomic mass is 9.98. The van der Waals surface area contributed by atoms with Crippen molar-refractivity contribution in [2.45, 2.75) is 37.3 Å². The van der Waals surface area contributed by atoms with Crippen molar-refractivity contribution < 1.29 is 0 Å². The molecular weight excluding hydrogens is 390 g/mol. The zero-order valence-corrected chi connectivity index (χ0v) is 18.6. The smallest absolute Gasteiger partial charge is 0.191 e. The first-order valence-electron chi connectivity index (χ1n) is 10.9. The number of nitrogens with zero attached hydrogens (tertiary/aromatic N) is 5. The lowest BCUT2D eigenvalue weighted by Crippen LogP contribution is -2.23. The number of hydrogen-bond acceptors (Lipinski definition) is 5. The topological polar surface area (TPSA) is 46.8 Å². The van der Waals surface area contributed by atoms with E-state index in [4.69, 9.17) is 0 Å². The minimum atomic E-state index is 0.560. The zero-order chi connectivity index (χ0) is 20.6. The van der Waals surface area contributed by atoms with Gasteiger partial charge >= 0.3 is 0 Å². The Morgan fingerprint density at radius 3 is 2.83 bits per heavy atom. The van der Waals surface area contributed by atoms with E-state index in [1.807, 2.05) is 25.4 Å². The second-order valence-corrected chi connectivity index (χ2v) is 9.93. The number of benzene rings is 1. The molecule has 1 aromatic carbocycles. The number of aryl methyl sites for hydroxylation is 1. The van der Waals surface area contributed by atoms with Crippen molar-refractivity contribution in [2.24, 2.45) is 12.5 Å². The maximum Gasteiger partial charge on any atom is 0.191 e. The maximum absolute atomic E-state index is 4.38. The highest BCUT2D eigenvalue weighted by Gasteiger charge is 2.57. The number of thioether (sulfide) groups is 1. The molecule has 3 heterocycles. The van der Waals surface area contributed by atoms with E-state index in [2.05, 4.69) is 55.8 Å². The van der Waals surface area contributed by atoms with Crippen LogP contribution in [-0.2, 0) is 7.05 Å². The first-order valence-corrected chi connectivity index (χ1v) is 11.8. The molecule has 5 nitrogen and oxygen atoms in total. The average Bonchev–Trinajstić information content (AvgIpc) is 3.11. The molecule has 0 N–H and O–H groups in total. The molecule has 30 heavy (non-hydrogen) atoms. The van der Waals surface area contributed by atoms with Crippen molar-refractivity contribution in [1.82, 2.24) is 24.6 Å². The molecule has 2 aromatic heterocycles.